The highest BCUT2D eigenvalue weighted by Crippen LogP contribution is 2.34. The summed E-state index contributed by atoms with van der Waals surface area (Å²) in [6.07, 6.45) is -2.41. The number of halogens is 3. The number of ether oxygens (including phenoxy) is 1. The Labute approximate surface area is 147 Å². The summed E-state index contributed by atoms with van der Waals surface area (Å²) in [6, 6.07) is 11.5. The van der Waals surface area contributed by atoms with Gasteiger partial charge < -0.3 is 4.74 Å². The summed E-state index contributed by atoms with van der Waals surface area (Å²) in [5, 5.41) is 6.29. The first-order chi connectivity index (χ1) is 12.3. The van der Waals surface area contributed by atoms with Crippen LogP contribution in [0.3, 0.4) is 0 Å². The Morgan fingerprint density at radius 3 is 2.46 bits per heavy atom. The first-order valence-electron chi connectivity index (χ1n) is 7.56. The molecule has 1 heterocycles. The fourth-order valence-corrected chi connectivity index (χ4v) is 2.34. The van der Waals surface area contributed by atoms with Crippen LogP contribution in [0.2, 0.25) is 0 Å². The Morgan fingerprint density at radius 2 is 1.85 bits per heavy atom. The third kappa shape index (κ3) is 4.21. The highest BCUT2D eigenvalue weighted by molar-refractivity contribution is 5.87. The van der Waals surface area contributed by atoms with Gasteiger partial charge in [0.05, 0.1) is 11.8 Å². The number of alkyl halides is 3. The molecule has 0 saturated heterocycles. The van der Waals surface area contributed by atoms with Crippen LogP contribution in [0.1, 0.15) is 5.56 Å². The molecule has 0 aliphatic heterocycles. The van der Waals surface area contributed by atoms with Crippen LogP contribution in [-0.4, -0.2) is 15.9 Å². The predicted octanol–water partition coefficient (Wildman–Crippen LogP) is 4.72. The van der Waals surface area contributed by atoms with E-state index in [0.29, 0.717) is 5.56 Å². The quantitative estimate of drug-likeness (QED) is 0.735. The summed E-state index contributed by atoms with van der Waals surface area (Å²) in [4.78, 5) is 12.0. The van der Waals surface area contributed by atoms with E-state index in [1.54, 1.807) is 43.6 Å². The van der Waals surface area contributed by atoms with Gasteiger partial charge in [-0.3, -0.25) is 10.00 Å². The lowest BCUT2D eigenvalue weighted by Gasteiger charge is -2.12. The second-order valence-electron chi connectivity index (χ2n) is 5.53. The van der Waals surface area contributed by atoms with Crippen molar-refractivity contribution in [2.75, 3.05) is 5.32 Å². The summed E-state index contributed by atoms with van der Waals surface area (Å²) >= 11 is 0. The maximum atomic E-state index is 13.2. The Morgan fingerprint density at radius 1 is 1.12 bits per heavy atom. The summed E-state index contributed by atoms with van der Waals surface area (Å²) < 4.78 is 46.1. The van der Waals surface area contributed by atoms with Crippen molar-refractivity contribution in [1.82, 2.24) is 9.78 Å². The second-order valence-corrected chi connectivity index (χ2v) is 5.53. The molecule has 1 aromatic heterocycles. The van der Waals surface area contributed by atoms with Crippen molar-refractivity contribution >= 4 is 11.8 Å². The molecule has 1 amide bonds. The van der Waals surface area contributed by atoms with Gasteiger partial charge in [-0.1, -0.05) is 18.2 Å². The standard InChI is InChI=1S/C18H14F3N3O2/c1-24-11-13(10-22-24)12-7-14(18(19,20)21)9-15(8-12)23-17(25)26-16-5-3-2-4-6-16/h2-11H,1H3,(H,23,25). The van der Waals surface area contributed by atoms with Crippen LogP contribution >= 0.6 is 0 Å². The van der Waals surface area contributed by atoms with Crippen molar-refractivity contribution in [1.29, 1.82) is 0 Å². The molecule has 26 heavy (non-hydrogen) atoms. The van der Waals surface area contributed by atoms with E-state index in [2.05, 4.69) is 10.4 Å². The molecule has 0 aliphatic rings. The monoisotopic (exact) mass is 361 g/mol. The van der Waals surface area contributed by atoms with E-state index >= 15 is 0 Å². The maximum absolute atomic E-state index is 13.2. The van der Waals surface area contributed by atoms with Gasteiger partial charge in [0.25, 0.3) is 0 Å². The number of aromatic nitrogens is 2. The zero-order chi connectivity index (χ0) is 18.7. The van der Waals surface area contributed by atoms with Gasteiger partial charge in [-0.05, 0) is 35.9 Å². The fraction of sp³-hybridized carbons (Fsp3) is 0.111. The van der Waals surface area contributed by atoms with Crippen molar-refractivity contribution < 1.29 is 22.7 Å². The smallest absolute Gasteiger partial charge is 0.410 e. The van der Waals surface area contributed by atoms with Gasteiger partial charge in [-0.2, -0.15) is 18.3 Å². The summed E-state index contributed by atoms with van der Waals surface area (Å²) in [7, 11) is 1.66. The van der Waals surface area contributed by atoms with E-state index in [0.717, 1.165) is 12.1 Å². The molecule has 0 unspecified atom stereocenters. The zero-order valence-corrected chi connectivity index (χ0v) is 13.6. The number of hydrogen-bond acceptors (Lipinski definition) is 3. The highest BCUT2D eigenvalue weighted by atomic mass is 19.4. The third-order valence-electron chi connectivity index (χ3n) is 3.50. The zero-order valence-electron chi connectivity index (χ0n) is 13.6. The largest absolute Gasteiger partial charge is 0.417 e. The normalized spacial score (nSPS) is 11.2. The van der Waals surface area contributed by atoms with Crippen LogP contribution in [0, 0.1) is 0 Å². The number of hydrogen-bond donors (Lipinski definition) is 1. The fourth-order valence-electron chi connectivity index (χ4n) is 2.34. The van der Waals surface area contributed by atoms with Crippen LogP contribution in [0.25, 0.3) is 11.1 Å². The molecule has 0 aliphatic carbocycles. The molecule has 0 spiro atoms. The molecule has 2 aromatic carbocycles. The van der Waals surface area contributed by atoms with E-state index < -0.39 is 17.8 Å². The molecule has 1 N–H and O–H groups in total. The second kappa shape index (κ2) is 6.91. The van der Waals surface area contributed by atoms with Crippen LogP contribution in [0.15, 0.2) is 60.9 Å². The maximum Gasteiger partial charge on any atom is 0.417 e. The lowest BCUT2D eigenvalue weighted by molar-refractivity contribution is -0.137. The molecule has 0 bridgehead atoms. The van der Waals surface area contributed by atoms with E-state index in [4.69, 9.17) is 4.74 Å². The molecule has 0 fully saturated rings. The Hall–Kier alpha value is -3.29. The third-order valence-corrected chi connectivity index (χ3v) is 3.50. The molecule has 0 saturated carbocycles. The SMILES string of the molecule is Cn1cc(-c2cc(NC(=O)Oc3ccccc3)cc(C(F)(F)F)c2)cn1. The Bertz CT molecular complexity index is 921. The van der Waals surface area contributed by atoms with Crippen molar-refractivity contribution in [3.8, 4) is 16.9 Å². The number of nitrogens with one attached hydrogen (secondary N) is 1. The van der Waals surface area contributed by atoms with Crippen molar-refractivity contribution in [2.45, 2.75) is 6.18 Å². The van der Waals surface area contributed by atoms with Crippen molar-refractivity contribution in [3.05, 3.63) is 66.5 Å². The Kier molecular flexibility index (Phi) is 4.66. The minimum absolute atomic E-state index is 0.0281. The molecular weight excluding hydrogens is 347 g/mol. The lowest BCUT2D eigenvalue weighted by Crippen LogP contribution is -2.17. The van der Waals surface area contributed by atoms with Gasteiger partial charge in [0, 0.05) is 24.5 Å². The predicted molar refractivity (Wildman–Crippen MR) is 89.7 cm³/mol. The molecule has 3 aromatic rings. The molecule has 134 valence electrons. The number of nitrogens with zero attached hydrogens (tertiary/aromatic N) is 2. The molecule has 5 nitrogen and oxygen atoms in total. The topological polar surface area (TPSA) is 56.2 Å². The molecule has 8 heteroatoms. The van der Waals surface area contributed by atoms with Crippen LogP contribution in [0.4, 0.5) is 23.7 Å². The van der Waals surface area contributed by atoms with Crippen LogP contribution < -0.4 is 10.1 Å². The molecule has 0 atom stereocenters. The number of carbonyl (C=O) groups is 1. The minimum Gasteiger partial charge on any atom is -0.410 e. The summed E-state index contributed by atoms with van der Waals surface area (Å²) in [5.74, 6) is 0.282. The lowest BCUT2D eigenvalue weighted by atomic mass is 10.0. The molecular formula is C18H14F3N3O2. The number of rotatable bonds is 3. The van der Waals surface area contributed by atoms with Gasteiger partial charge in [-0.25, -0.2) is 4.79 Å². The summed E-state index contributed by atoms with van der Waals surface area (Å²) in [5.41, 5.74) is -0.130. The number of aryl methyl sites for hydroxylation is 1. The van der Waals surface area contributed by atoms with Gasteiger partial charge in [0.1, 0.15) is 5.75 Å². The average molecular weight is 361 g/mol. The molecule has 3 rings (SSSR count). The summed E-state index contributed by atoms with van der Waals surface area (Å²) in [6.45, 7) is 0. The highest BCUT2D eigenvalue weighted by Gasteiger charge is 2.31. The van der Waals surface area contributed by atoms with Gasteiger partial charge in [-0.15, -0.1) is 0 Å². The number of para-hydroxylation sites is 1. The minimum atomic E-state index is -4.56. The number of benzene rings is 2. The van der Waals surface area contributed by atoms with Crippen LogP contribution in [0.5, 0.6) is 5.75 Å². The first kappa shape index (κ1) is 17.5. The molecule has 0 radical (unpaired) electrons. The van der Waals surface area contributed by atoms with Gasteiger partial charge >= 0.3 is 12.3 Å². The van der Waals surface area contributed by atoms with Crippen molar-refractivity contribution in [3.63, 3.8) is 0 Å². The van der Waals surface area contributed by atoms with Gasteiger partial charge in [0.15, 0.2) is 0 Å². The van der Waals surface area contributed by atoms with Crippen LogP contribution in [-0.2, 0) is 13.2 Å². The van der Waals surface area contributed by atoms with E-state index in [1.165, 1.54) is 16.9 Å². The first-order valence-corrected chi connectivity index (χ1v) is 7.56. The van der Waals surface area contributed by atoms with E-state index in [-0.39, 0.29) is 17.0 Å². The number of anilines is 1. The van der Waals surface area contributed by atoms with Gasteiger partial charge in [0.2, 0.25) is 0 Å². The average Bonchev–Trinajstić information content (AvgIpc) is 3.01. The van der Waals surface area contributed by atoms with E-state index in [9.17, 15) is 18.0 Å². The number of amides is 1. The number of carbonyl (C=O) groups excluding carboxylic acids is 1. The Balaban J connectivity index is 1.89. The van der Waals surface area contributed by atoms with Crippen molar-refractivity contribution in [2.24, 2.45) is 7.05 Å². The van der Waals surface area contributed by atoms with E-state index in [1.807, 2.05) is 0 Å².